The van der Waals surface area contributed by atoms with Crippen molar-refractivity contribution in [2.75, 3.05) is 5.32 Å². The molecule has 0 aliphatic carbocycles. The van der Waals surface area contributed by atoms with E-state index < -0.39 is 34.6 Å². The van der Waals surface area contributed by atoms with Crippen LogP contribution in [0.25, 0.3) is 5.82 Å². The van der Waals surface area contributed by atoms with Crippen molar-refractivity contribution in [2.24, 2.45) is 0 Å². The molecule has 0 saturated carbocycles. The fourth-order valence-corrected chi connectivity index (χ4v) is 4.01. The predicted molar refractivity (Wildman–Crippen MR) is 124 cm³/mol. The third kappa shape index (κ3) is 5.66. The van der Waals surface area contributed by atoms with Crippen molar-refractivity contribution in [3.05, 3.63) is 75.2 Å². The van der Waals surface area contributed by atoms with Gasteiger partial charge in [-0.3, -0.25) is 14.2 Å². The molecule has 2 N–H and O–H groups in total. The number of hydrogen-bond donors (Lipinski definition) is 2. The van der Waals surface area contributed by atoms with Crippen LogP contribution in [0.2, 0.25) is 5.02 Å². The average Bonchev–Trinajstić information content (AvgIpc) is 3.49. The SMILES string of the molecule is Cc1cn(-c2cc(C(=O)N[C@H](C)c3ncc(C(=O)Nc4cc(C(F)(F)F)c(Cl)cn4)s3)ncn2)cn1. The van der Waals surface area contributed by atoms with Gasteiger partial charge >= 0.3 is 6.18 Å². The van der Waals surface area contributed by atoms with E-state index in [1.54, 1.807) is 24.0 Å². The molecule has 2 amide bonds. The predicted octanol–water partition coefficient (Wildman–Crippen LogP) is 4.24. The summed E-state index contributed by atoms with van der Waals surface area (Å²) in [7, 11) is 0. The van der Waals surface area contributed by atoms with E-state index in [2.05, 4.69) is 35.6 Å². The van der Waals surface area contributed by atoms with Crippen LogP contribution in [0, 0.1) is 6.92 Å². The van der Waals surface area contributed by atoms with Crippen LogP contribution in [0.4, 0.5) is 19.0 Å². The molecular weight excluding hydrogens is 521 g/mol. The lowest BCUT2D eigenvalue weighted by Crippen LogP contribution is -2.27. The Morgan fingerprint density at radius 3 is 2.56 bits per heavy atom. The number of aryl methyl sites for hydroxylation is 1. The molecule has 36 heavy (non-hydrogen) atoms. The lowest BCUT2D eigenvalue weighted by atomic mass is 10.2. The summed E-state index contributed by atoms with van der Waals surface area (Å²) in [5, 5.41) is 4.84. The topological polar surface area (TPSA) is 128 Å². The van der Waals surface area contributed by atoms with Crippen LogP contribution in [0.5, 0.6) is 0 Å². The number of halogens is 4. The van der Waals surface area contributed by atoms with E-state index in [4.69, 9.17) is 11.6 Å². The van der Waals surface area contributed by atoms with Crippen molar-refractivity contribution in [3.63, 3.8) is 0 Å². The number of amides is 2. The Morgan fingerprint density at radius 1 is 1.08 bits per heavy atom. The summed E-state index contributed by atoms with van der Waals surface area (Å²) in [6, 6.07) is 1.55. The number of imidazole rings is 1. The monoisotopic (exact) mass is 536 g/mol. The second kappa shape index (κ2) is 9.99. The molecule has 0 saturated heterocycles. The summed E-state index contributed by atoms with van der Waals surface area (Å²) in [6.07, 6.45) is 1.93. The van der Waals surface area contributed by atoms with Gasteiger partial charge in [-0.15, -0.1) is 11.3 Å². The Kier molecular flexibility index (Phi) is 6.99. The van der Waals surface area contributed by atoms with E-state index in [-0.39, 0.29) is 16.4 Å². The van der Waals surface area contributed by atoms with Crippen molar-refractivity contribution in [1.29, 1.82) is 0 Å². The van der Waals surface area contributed by atoms with Crippen molar-refractivity contribution in [3.8, 4) is 5.82 Å². The first-order chi connectivity index (χ1) is 17.0. The quantitative estimate of drug-likeness (QED) is 0.377. The molecule has 4 aromatic rings. The molecule has 0 aromatic carbocycles. The number of aromatic nitrogens is 6. The highest BCUT2D eigenvalue weighted by Crippen LogP contribution is 2.35. The van der Waals surface area contributed by atoms with Gasteiger partial charge in [-0.1, -0.05) is 11.6 Å². The summed E-state index contributed by atoms with van der Waals surface area (Å²) in [6.45, 7) is 3.48. The molecule has 0 aliphatic rings. The Labute approximate surface area is 210 Å². The second-order valence-corrected chi connectivity index (χ2v) is 8.91. The van der Waals surface area contributed by atoms with Crippen LogP contribution in [-0.4, -0.2) is 41.3 Å². The van der Waals surface area contributed by atoms with Crippen LogP contribution in [0.15, 0.2) is 43.4 Å². The summed E-state index contributed by atoms with van der Waals surface area (Å²) < 4.78 is 40.8. The summed E-state index contributed by atoms with van der Waals surface area (Å²) in [5.41, 5.74) is -0.224. The minimum absolute atomic E-state index is 0.108. The zero-order chi connectivity index (χ0) is 26.0. The first-order valence-corrected chi connectivity index (χ1v) is 11.3. The number of carbonyl (C=O) groups excluding carboxylic acids is 2. The van der Waals surface area contributed by atoms with Gasteiger partial charge < -0.3 is 10.6 Å². The maximum absolute atomic E-state index is 13.0. The minimum Gasteiger partial charge on any atom is -0.342 e. The smallest absolute Gasteiger partial charge is 0.342 e. The molecular formula is C21H16ClF3N8O2S. The highest BCUT2D eigenvalue weighted by atomic mass is 35.5. The molecule has 4 heterocycles. The first kappa shape index (κ1) is 25.2. The highest BCUT2D eigenvalue weighted by Gasteiger charge is 2.34. The van der Waals surface area contributed by atoms with Crippen molar-refractivity contribution < 1.29 is 22.8 Å². The maximum atomic E-state index is 13.0. The van der Waals surface area contributed by atoms with Gasteiger partial charge in [-0.25, -0.2) is 24.9 Å². The van der Waals surface area contributed by atoms with Crippen LogP contribution < -0.4 is 10.6 Å². The highest BCUT2D eigenvalue weighted by molar-refractivity contribution is 7.13. The van der Waals surface area contributed by atoms with Gasteiger partial charge in [-0.05, 0) is 19.9 Å². The molecule has 15 heteroatoms. The zero-order valence-corrected chi connectivity index (χ0v) is 20.1. The number of nitrogens with one attached hydrogen (secondary N) is 2. The molecule has 1 atom stereocenters. The minimum atomic E-state index is -4.70. The number of pyridine rings is 1. The van der Waals surface area contributed by atoms with Crippen LogP contribution in [0.3, 0.4) is 0 Å². The number of rotatable bonds is 6. The molecule has 10 nitrogen and oxygen atoms in total. The molecule has 0 aliphatic heterocycles. The number of nitrogens with zero attached hydrogens (tertiary/aromatic N) is 6. The molecule has 186 valence electrons. The normalized spacial score (nSPS) is 12.3. The summed E-state index contributed by atoms with van der Waals surface area (Å²) in [4.78, 5) is 45.4. The molecule has 0 fully saturated rings. The Balaban J connectivity index is 1.43. The van der Waals surface area contributed by atoms with E-state index in [1.165, 1.54) is 18.6 Å². The molecule has 0 bridgehead atoms. The second-order valence-electron chi connectivity index (χ2n) is 7.44. The Hall–Kier alpha value is -3.91. The lowest BCUT2D eigenvalue weighted by molar-refractivity contribution is -0.137. The summed E-state index contributed by atoms with van der Waals surface area (Å²) >= 11 is 6.51. The lowest BCUT2D eigenvalue weighted by Gasteiger charge is -2.11. The Morgan fingerprint density at radius 2 is 1.86 bits per heavy atom. The van der Waals surface area contributed by atoms with E-state index in [0.29, 0.717) is 16.9 Å². The molecule has 0 spiro atoms. The van der Waals surface area contributed by atoms with Gasteiger partial charge in [-0.2, -0.15) is 13.2 Å². The largest absolute Gasteiger partial charge is 0.418 e. The average molecular weight is 537 g/mol. The fraction of sp³-hybridized carbons (Fsp3) is 0.190. The van der Waals surface area contributed by atoms with E-state index >= 15 is 0 Å². The van der Waals surface area contributed by atoms with E-state index in [0.717, 1.165) is 23.2 Å². The van der Waals surface area contributed by atoms with Gasteiger partial charge in [0.1, 0.15) is 39.9 Å². The van der Waals surface area contributed by atoms with Crippen LogP contribution in [0.1, 0.15) is 49.4 Å². The third-order valence-corrected chi connectivity index (χ3v) is 6.21. The number of hydrogen-bond acceptors (Lipinski definition) is 8. The van der Waals surface area contributed by atoms with Gasteiger partial charge in [0.15, 0.2) is 0 Å². The summed E-state index contributed by atoms with van der Waals surface area (Å²) in [5.74, 6) is -1.06. The maximum Gasteiger partial charge on any atom is 0.418 e. The van der Waals surface area contributed by atoms with Gasteiger partial charge in [0, 0.05) is 18.5 Å². The number of alkyl halides is 3. The molecule has 0 radical (unpaired) electrons. The van der Waals surface area contributed by atoms with Crippen LogP contribution in [-0.2, 0) is 6.18 Å². The number of thiazole rings is 1. The number of carbonyl (C=O) groups is 2. The van der Waals surface area contributed by atoms with Gasteiger partial charge in [0.05, 0.1) is 28.5 Å². The molecule has 4 rings (SSSR count). The van der Waals surface area contributed by atoms with E-state index in [1.807, 2.05) is 6.92 Å². The molecule has 4 aromatic heterocycles. The Bertz CT molecular complexity index is 1440. The molecule has 0 unspecified atom stereocenters. The first-order valence-electron chi connectivity index (χ1n) is 10.1. The van der Waals surface area contributed by atoms with Crippen molar-refractivity contribution >= 4 is 40.6 Å². The number of anilines is 1. The van der Waals surface area contributed by atoms with Gasteiger partial charge in [0.25, 0.3) is 11.8 Å². The standard InChI is InChI=1S/C21H16ClF3N8O2S/c1-10-7-33(9-30-10)17-4-14(28-8-29-17)18(34)31-11(2)20-27-6-15(36-20)19(35)32-16-3-12(21(23,24)25)13(22)5-26-16/h3-9,11H,1-2H3,(H,31,34)(H,26,32,35)/t11-/m1/s1. The van der Waals surface area contributed by atoms with Gasteiger partial charge in [0.2, 0.25) is 0 Å². The fourth-order valence-electron chi connectivity index (χ4n) is 2.99. The van der Waals surface area contributed by atoms with E-state index in [9.17, 15) is 22.8 Å². The van der Waals surface area contributed by atoms with Crippen LogP contribution >= 0.6 is 22.9 Å². The van der Waals surface area contributed by atoms with Crippen molar-refractivity contribution in [1.82, 2.24) is 34.8 Å². The third-order valence-electron chi connectivity index (χ3n) is 4.73. The van der Waals surface area contributed by atoms with Crippen molar-refractivity contribution in [2.45, 2.75) is 26.1 Å². The zero-order valence-electron chi connectivity index (χ0n) is 18.5.